The number of benzene rings is 2. The maximum atomic E-state index is 5.82. The summed E-state index contributed by atoms with van der Waals surface area (Å²) in [7, 11) is 1.67. The average molecular weight is 227 g/mol. The number of hydrogen-bond donors (Lipinski definition) is 1. The Balaban J connectivity index is 2.26. The van der Waals surface area contributed by atoms with Crippen molar-refractivity contribution in [1.29, 1.82) is 0 Å². The van der Waals surface area contributed by atoms with Crippen LogP contribution in [0.1, 0.15) is 18.5 Å². The highest BCUT2D eigenvalue weighted by Gasteiger charge is 2.01. The van der Waals surface area contributed by atoms with E-state index in [0.29, 0.717) is 0 Å². The number of hydrogen-bond acceptors (Lipinski definition) is 2. The highest BCUT2D eigenvalue weighted by Crippen LogP contribution is 2.23. The van der Waals surface area contributed by atoms with Crippen molar-refractivity contribution in [3.63, 3.8) is 0 Å². The Morgan fingerprint density at radius 3 is 1.76 bits per heavy atom. The lowest BCUT2D eigenvalue weighted by Gasteiger charge is -2.07. The first-order valence-electron chi connectivity index (χ1n) is 5.70. The Morgan fingerprint density at radius 2 is 1.35 bits per heavy atom. The van der Waals surface area contributed by atoms with Gasteiger partial charge in [-0.2, -0.15) is 0 Å². The standard InChI is InChI=1S/C15H17NO/c1-11(16)12-3-5-13(6-4-12)14-7-9-15(17-2)10-8-14/h3-11H,16H2,1-2H3. The minimum atomic E-state index is 0.0833. The summed E-state index contributed by atoms with van der Waals surface area (Å²) in [6.45, 7) is 1.99. The molecule has 2 aromatic carbocycles. The van der Waals surface area contributed by atoms with E-state index in [1.54, 1.807) is 7.11 Å². The Morgan fingerprint density at radius 1 is 0.882 bits per heavy atom. The summed E-state index contributed by atoms with van der Waals surface area (Å²) in [5, 5.41) is 0. The molecule has 0 saturated carbocycles. The number of methoxy groups -OCH3 is 1. The molecule has 0 radical (unpaired) electrons. The first kappa shape index (κ1) is 11.7. The summed E-state index contributed by atoms with van der Waals surface area (Å²) >= 11 is 0. The van der Waals surface area contributed by atoms with Crippen LogP contribution in [0.5, 0.6) is 5.75 Å². The Bertz CT molecular complexity index is 471. The van der Waals surface area contributed by atoms with Crippen molar-refractivity contribution in [2.45, 2.75) is 13.0 Å². The largest absolute Gasteiger partial charge is 0.497 e. The number of nitrogens with two attached hydrogens (primary N) is 1. The van der Waals surface area contributed by atoms with Gasteiger partial charge in [0.05, 0.1) is 7.11 Å². The van der Waals surface area contributed by atoms with Gasteiger partial charge in [-0.15, -0.1) is 0 Å². The molecule has 0 fully saturated rings. The fraction of sp³-hybridized carbons (Fsp3) is 0.200. The maximum Gasteiger partial charge on any atom is 0.118 e. The van der Waals surface area contributed by atoms with Gasteiger partial charge in [0.15, 0.2) is 0 Å². The van der Waals surface area contributed by atoms with Gasteiger partial charge in [0, 0.05) is 6.04 Å². The van der Waals surface area contributed by atoms with Crippen molar-refractivity contribution in [2.75, 3.05) is 7.11 Å². The number of rotatable bonds is 3. The Labute approximate surface area is 102 Å². The highest BCUT2D eigenvalue weighted by molar-refractivity contribution is 5.64. The molecule has 2 heteroatoms. The minimum absolute atomic E-state index is 0.0833. The third-order valence-electron chi connectivity index (χ3n) is 2.86. The van der Waals surface area contributed by atoms with Crippen molar-refractivity contribution in [3.8, 4) is 16.9 Å². The third kappa shape index (κ3) is 2.66. The monoisotopic (exact) mass is 227 g/mol. The molecule has 0 aliphatic rings. The topological polar surface area (TPSA) is 35.2 Å². The zero-order valence-corrected chi connectivity index (χ0v) is 10.2. The summed E-state index contributed by atoms with van der Waals surface area (Å²) in [6, 6.07) is 16.5. The molecule has 1 unspecified atom stereocenters. The molecule has 0 aliphatic carbocycles. The van der Waals surface area contributed by atoms with E-state index in [2.05, 4.69) is 36.4 Å². The zero-order valence-electron chi connectivity index (χ0n) is 10.2. The normalized spacial score (nSPS) is 12.2. The lowest BCUT2D eigenvalue weighted by Crippen LogP contribution is -2.04. The molecule has 88 valence electrons. The predicted octanol–water partition coefficient (Wildman–Crippen LogP) is 3.38. The molecule has 0 heterocycles. The van der Waals surface area contributed by atoms with Crippen LogP contribution in [-0.2, 0) is 0 Å². The van der Waals surface area contributed by atoms with Gasteiger partial charge in [0.25, 0.3) is 0 Å². The van der Waals surface area contributed by atoms with Gasteiger partial charge in [-0.05, 0) is 35.7 Å². The summed E-state index contributed by atoms with van der Waals surface area (Å²) in [4.78, 5) is 0. The van der Waals surface area contributed by atoms with E-state index >= 15 is 0 Å². The Hall–Kier alpha value is -1.80. The van der Waals surface area contributed by atoms with E-state index < -0.39 is 0 Å². The van der Waals surface area contributed by atoms with Crippen LogP contribution >= 0.6 is 0 Å². The third-order valence-corrected chi connectivity index (χ3v) is 2.86. The van der Waals surface area contributed by atoms with Crippen LogP contribution in [0.15, 0.2) is 48.5 Å². The van der Waals surface area contributed by atoms with Gasteiger partial charge >= 0.3 is 0 Å². The van der Waals surface area contributed by atoms with Crippen LogP contribution in [-0.4, -0.2) is 7.11 Å². The van der Waals surface area contributed by atoms with E-state index in [0.717, 1.165) is 11.3 Å². The quantitative estimate of drug-likeness (QED) is 0.872. The van der Waals surface area contributed by atoms with E-state index in [4.69, 9.17) is 10.5 Å². The van der Waals surface area contributed by atoms with E-state index in [1.165, 1.54) is 11.1 Å². The van der Waals surface area contributed by atoms with Gasteiger partial charge in [0.2, 0.25) is 0 Å². The molecule has 0 aromatic heterocycles. The fourth-order valence-corrected chi connectivity index (χ4v) is 1.76. The average Bonchev–Trinajstić information content (AvgIpc) is 2.39. The molecule has 2 nitrogen and oxygen atoms in total. The lowest BCUT2D eigenvalue weighted by molar-refractivity contribution is 0.415. The molecule has 0 amide bonds. The van der Waals surface area contributed by atoms with Crippen molar-refractivity contribution in [1.82, 2.24) is 0 Å². The molecule has 0 saturated heterocycles. The molecule has 2 aromatic rings. The minimum Gasteiger partial charge on any atom is -0.497 e. The molecule has 1 atom stereocenters. The van der Waals surface area contributed by atoms with Crippen molar-refractivity contribution < 1.29 is 4.74 Å². The van der Waals surface area contributed by atoms with Crippen LogP contribution in [0.25, 0.3) is 11.1 Å². The van der Waals surface area contributed by atoms with Gasteiger partial charge in [0.1, 0.15) is 5.75 Å². The molecular formula is C15H17NO. The van der Waals surface area contributed by atoms with Crippen LogP contribution < -0.4 is 10.5 Å². The first-order valence-corrected chi connectivity index (χ1v) is 5.70. The second kappa shape index (κ2) is 5.02. The summed E-state index contributed by atoms with van der Waals surface area (Å²) < 4.78 is 5.14. The lowest BCUT2D eigenvalue weighted by atomic mass is 10.0. The van der Waals surface area contributed by atoms with Gasteiger partial charge < -0.3 is 10.5 Å². The fourth-order valence-electron chi connectivity index (χ4n) is 1.76. The highest BCUT2D eigenvalue weighted by atomic mass is 16.5. The first-order chi connectivity index (χ1) is 8.20. The molecule has 0 spiro atoms. The van der Waals surface area contributed by atoms with Gasteiger partial charge in [-0.25, -0.2) is 0 Å². The van der Waals surface area contributed by atoms with Crippen LogP contribution in [0.2, 0.25) is 0 Å². The van der Waals surface area contributed by atoms with E-state index in [1.807, 2.05) is 19.1 Å². The van der Waals surface area contributed by atoms with Gasteiger partial charge in [-0.3, -0.25) is 0 Å². The maximum absolute atomic E-state index is 5.82. The van der Waals surface area contributed by atoms with Gasteiger partial charge in [-0.1, -0.05) is 36.4 Å². The van der Waals surface area contributed by atoms with Crippen molar-refractivity contribution >= 4 is 0 Å². The van der Waals surface area contributed by atoms with E-state index in [-0.39, 0.29) is 6.04 Å². The molecular weight excluding hydrogens is 210 g/mol. The molecule has 2 rings (SSSR count). The smallest absolute Gasteiger partial charge is 0.118 e. The van der Waals surface area contributed by atoms with Crippen LogP contribution in [0.3, 0.4) is 0 Å². The second-order valence-electron chi connectivity index (χ2n) is 4.14. The number of ether oxygens (including phenoxy) is 1. The van der Waals surface area contributed by atoms with Crippen LogP contribution in [0, 0.1) is 0 Å². The predicted molar refractivity (Wildman–Crippen MR) is 71.0 cm³/mol. The van der Waals surface area contributed by atoms with Crippen LogP contribution in [0.4, 0.5) is 0 Å². The summed E-state index contributed by atoms with van der Waals surface area (Å²) in [5.74, 6) is 0.876. The molecule has 0 aliphatic heterocycles. The second-order valence-corrected chi connectivity index (χ2v) is 4.14. The Kier molecular flexibility index (Phi) is 3.45. The summed E-state index contributed by atoms with van der Waals surface area (Å²) in [5.41, 5.74) is 9.35. The van der Waals surface area contributed by atoms with E-state index in [9.17, 15) is 0 Å². The molecule has 0 bridgehead atoms. The molecule has 17 heavy (non-hydrogen) atoms. The summed E-state index contributed by atoms with van der Waals surface area (Å²) in [6.07, 6.45) is 0. The van der Waals surface area contributed by atoms with Crippen molar-refractivity contribution in [2.24, 2.45) is 5.73 Å². The van der Waals surface area contributed by atoms with Crippen molar-refractivity contribution in [3.05, 3.63) is 54.1 Å². The zero-order chi connectivity index (χ0) is 12.3. The molecule has 2 N–H and O–H groups in total. The SMILES string of the molecule is COc1ccc(-c2ccc(C(C)N)cc2)cc1.